The van der Waals surface area contributed by atoms with E-state index in [1.165, 1.54) is 0 Å². The number of aliphatic hydroxyl groups is 1. The van der Waals surface area contributed by atoms with Crippen molar-refractivity contribution in [2.24, 2.45) is 0 Å². The molecule has 2 rings (SSSR count). The minimum absolute atomic E-state index is 0.487. The highest BCUT2D eigenvalue weighted by molar-refractivity contribution is 5.06. The smallest absolute Gasteiger partial charge is 0.133 e. The lowest BCUT2D eigenvalue weighted by atomic mass is 10.1. The molecular weight excluding hydrogens is 208 g/mol. The average Bonchev–Trinajstić information content (AvgIpc) is 2.74. The SMILES string of the molecule is Cc1cc(Cn2cc(C(C)(C)O)nn2)no1. The van der Waals surface area contributed by atoms with E-state index in [2.05, 4.69) is 15.5 Å². The van der Waals surface area contributed by atoms with Gasteiger partial charge < -0.3 is 9.63 Å². The molecule has 16 heavy (non-hydrogen) atoms. The fourth-order valence-electron chi connectivity index (χ4n) is 1.31. The number of nitrogens with zero attached hydrogens (tertiary/aromatic N) is 4. The number of hydrogen-bond donors (Lipinski definition) is 1. The molecule has 2 heterocycles. The van der Waals surface area contributed by atoms with E-state index in [-0.39, 0.29) is 0 Å². The Morgan fingerprint density at radius 3 is 2.75 bits per heavy atom. The van der Waals surface area contributed by atoms with E-state index in [0.29, 0.717) is 12.2 Å². The zero-order valence-electron chi connectivity index (χ0n) is 9.51. The van der Waals surface area contributed by atoms with Gasteiger partial charge in [-0.15, -0.1) is 5.10 Å². The van der Waals surface area contributed by atoms with E-state index >= 15 is 0 Å². The Labute approximate surface area is 92.9 Å². The van der Waals surface area contributed by atoms with Gasteiger partial charge in [0.2, 0.25) is 0 Å². The maximum absolute atomic E-state index is 9.72. The van der Waals surface area contributed by atoms with Crippen LogP contribution in [0.3, 0.4) is 0 Å². The normalized spacial score (nSPS) is 12.0. The maximum atomic E-state index is 9.72. The Kier molecular flexibility index (Phi) is 2.51. The molecule has 0 aromatic carbocycles. The molecule has 0 saturated carbocycles. The summed E-state index contributed by atoms with van der Waals surface area (Å²) in [6.45, 7) is 5.66. The Bertz CT molecular complexity index is 481. The highest BCUT2D eigenvalue weighted by atomic mass is 16.5. The van der Waals surface area contributed by atoms with Crippen LogP contribution in [0.2, 0.25) is 0 Å². The summed E-state index contributed by atoms with van der Waals surface area (Å²) >= 11 is 0. The van der Waals surface area contributed by atoms with Gasteiger partial charge in [0, 0.05) is 6.07 Å². The van der Waals surface area contributed by atoms with Crippen molar-refractivity contribution in [1.29, 1.82) is 0 Å². The fourth-order valence-corrected chi connectivity index (χ4v) is 1.31. The van der Waals surface area contributed by atoms with E-state index in [0.717, 1.165) is 11.5 Å². The van der Waals surface area contributed by atoms with Gasteiger partial charge in [-0.05, 0) is 20.8 Å². The van der Waals surface area contributed by atoms with Gasteiger partial charge in [0.05, 0.1) is 12.7 Å². The molecule has 86 valence electrons. The van der Waals surface area contributed by atoms with Crippen LogP contribution in [-0.4, -0.2) is 25.3 Å². The molecule has 2 aromatic heterocycles. The lowest BCUT2D eigenvalue weighted by Crippen LogP contribution is -2.15. The van der Waals surface area contributed by atoms with E-state index in [4.69, 9.17) is 4.52 Å². The molecule has 6 heteroatoms. The predicted molar refractivity (Wildman–Crippen MR) is 55.6 cm³/mol. The highest BCUT2D eigenvalue weighted by Gasteiger charge is 2.20. The zero-order chi connectivity index (χ0) is 11.8. The van der Waals surface area contributed by atoms with Crippen LogP contribution in [0.15, 0.2) is 16.8 Å². The topological polar surface area (TPSA) is 77.0 Å². The van der Waals surface area contributed by atoms with Crippen LogP contribution in [0.1, 0.15) is 31.0 Å². The van der Waals surface area contributed by atoms with Crippen molar-refractivity contribution in [1.82, 2.24) is 20.2 Å². The Hall–Kier alpha value is -1.69. The minimum Gasteiger partial charge on any atom is -0.384 e. The Morgan fingerprint density at radius 2 is 2.25 bits per heavy atom. The van der Waals surface area contributed by atoms with Gasteiger partial charge in [0.15, 0.2) is 0 Å². The van der Waals surface area contributed by atoms with Crippen LogP contribution >= 0.6 is 0 Å². The van der Waals surface area contributed by atoms with Gasteiger partial charge in [-0.25, -0.2) is 4.68 Å². The van der Waals surface area contributed by atoms with Gasteiger partial charge >= 0.3 is 0 Å². The molecule has 0 amide bonds. The van der Waals surface area contributed by atoms with E-state index < -0.39 is 5.60 Å². The molecule has 0 spiro atoms. The first-order chi connectivity index (χ1) is 7.45. The Morgan fingerprint density at radius 1 is 1.50 bits per heavy atom. The molecule has 0 fully saturated rings. The van der Waals surface area contributed by atoms with Gasteiger partial charge in [0.1, 0.15) is 22.7 Å². The summed E-state index contributed by atoms with van der Waals surface area (Å²) in [5, 5.41) is 21.4. The molecule has 1 N–H and O–H groups in total. The van der Waals surface area contributed by atoms with Gasteiger partial charge in [-0.2, -0.15) is 0 Å². The third-order valence-electron chi connectivity index (χ3n) is 2.17. The summed E-state index contributed by atoms with van der Waals surface area (Å²) in [6.07, 6.45) is 1.70. The molecule has 0 radical (unpaired) electrons. The standard InChI is InChI=1S/C10H14N4O2/c1-7-4-8(12-16-7)5-14-6-9(11-13-14)10(2,3)15/h4,6,15H,5H2,1-3H3. The second-order valence-corrected chi connectivity index (χ2v) is 4.29. The van der Waals surface area contributed by atoms with Crippen LogP contribution in [0.25, 0.3) is 0 Å². The van der Waals surface area contributed by atoms with Crippen LogP contribution in [0.4, 0.5) is 0 Å². The third-order valence-corrected chi connectivity index (χ3v) is 2.17. The summed E-state index contributed by atoms with van der Waals surface area (Å²) in [5.41, 5.74) is 0.343. The van der Waals surface area contributed by atoms with Gasteiger partial charge in [0.25, 0.3) is 0 Å². The quantitative estimate of drug-likeness (QED) is 0.833. The lowest BCUT2D eigenvalue weighted by Gasteiger charge is -2.11. The maximum Gasteiger partial charge on any atom is 0.133 e. The molecular formula is C10H14N4O2. The van der Waals surface area contributed by atoms with Gasteiger partial charge in [-0.3, -0.25) is 0 Å². The number of hydrogen-bond acceptors (Lipinski definition) is 5. The first kappa shape index (κ1) is 10.8. The van der Waals surface area contributed by atoms with E-state index in [1.807, 2.05) is 13.0 Å². The van der Waals surface area contributed by atoms with Crippen LogP contribution in [-0.2, 0) is 12.1 Å². The number of aromatic nitrogens is 4. The summed E-state index contributed by atoms with van der Waals surface area (Å²) in [6, 6.07) is 1.84. The van der Waals surface area contributed by atoms with Crippen LogP contribution < -0.4 is 0 Å². The number of aryl methyl sites for hydroxylation is 1. The lowest BCUT2D eigenvalue weighted by molar-refractivity contribution is 0.0737. The van der Waals surface area contributed by atoms with Crippen molar-refractivity contribution in [3.63, 3.8) is 0 Å². The summed E-state index contributed by atoms with van der Waals surface area (Å²) < 4.78 is 6.57. The molecule has 0 unspecified atom stereocenters. The molecule has 0 aliphatic carbocycles. The molecule has 0 aliphatic rings. The minimum atomic E-state index is -0.974. The molecule has 0 atom stereocenters. The average molecular weight is 222 g/mol. The summed E-state index contributed by atoms with van der Waals surface area (Å²) in [7, 11) is 0. The molecule has 0 bridgehead atoms. The van der Waals surface area contributed by atoms with Crippen molar-refractivity contribution < 1.29 is 9.63 Å². The Balaban J connectivity index is 2.14. The van der Waals surface area contributed by atoms with Gasteiger partial charge in [-0.1, -0.05) is 10.4 Å². The molecule has 0 aliphatic heterocycles. The van der Waals surface area contributed by atoms with Crippen LogP contribution in [0.5, 0.6) is 0 Å². The largest absolute Gasteiger partial charge is 0.384 e. The zero-order valence-corrected chi connectivity index (χ0v) is 9.51. The molecule has 0 saturated heterocycles. The monoisotopic (exact) mass is 222 g/mol. The molecule has 6 nitrogen and oxygen atoms in total. The second-order valence-electron chi connectivity index (χ2n) is 4.29. The van der Waals surface area contributed by atoms with Crippen molar-refractivity contribution in [2.45, 2.75) is 32.9 Å². The number of rotatable bonds is 3. The van der Waals surface area contributed by atoms with Crippen molar-refractivity contribution in [2.75, 3.05) is 0 Å². The van der Waals surface area contributed by atoms with Crippen LogP contribution in [0, 0.1) is 6.92 Å². The first-order valence-electron chi connectivity index (χ1n) is 5.00. The predicted octanol–water partition coefficient (Wildman–Crippen LogP) is 0.850. The highest BCUT2D eigenvalue weighted by Crippen LogP contribution is 2.16. The molecule has 2 aromatic rings. The third kappa shape index (κ3) is 2.27. The first-order valence-corrected chi connectivity index (χ1v) is 5.00. The summed E-state index contributed by atoms with van der Waals surface area (Å²) in [5.74, 6) is 0.762. The second kappa shape index (κ2) is 3.71. The van der Waals surface area contributed by atoms with E-state index in [1.54, 1.807) is 24.7 Å². The fraction of sp³-hybridized carbons (Fsp3) is 0.500. The van der Waals surface area contributed by atoms with Crippen molar-refractivity contribution in [3.8, 4) is 0 Å². The van der Waals surface area contributed by atoms with Crippen molar-refractivity contribution >= 4 is 0 Å². The van der Waals surface area contributed by atoms with E-state index in [9.17, 15) is 5.11 Å². The summed E-state index contributed by atoms with van der Waals surface area (Å²) in [4.78, 5) is 0. The van der Waals surface area contributed by atoms with Crippen molar-refractivity contribution in [3.05, 3.63) is 29.4 Å².